The highest BCUT2D eigenvalue weighted by Gasteiger charge is 2.12. The van der Waals surface area contributed by atoms with Gasteiger partial charge in [0, 0.05) is 13.0 Å². The molecule has 0 aliphatic rings. The topological polar surface area (TPSA) is 29.5 Å². The molecule has 2 unspecified atom stereocenters. The smallest absolute Gasteiger partial charge is 0.0631 e. The van der Waals surface area contributed by atoms with Gasteiger partial charge in [0.2, 0.25) is 0 Å². The summed E-state index contributed by atoms with van der Waals surface area (Å²) < 4.78 is 5.42. The first-order valence-electron chi connectivity index (χ1n) is 5.56. The number of ether oxygens (including phenoxy) is 1. The highest BCUT2D eigenvalue weighted by atomic mass is 16.5. The average molecular weight is 200 g/mol. The van der Waals surface area contributed by atoms with E-state index in [0.717, 1.165) is 6.42 Å². The molecule has 0 aromatic rings. The van der Waals surface area contributed by atoms with Gasteiger partial charge < -0.3 is 9.84 Å². The van der Waals surface area contributed by atoms with Gasteiger partial charge in [0.05, 0.1) is 12.7 Å². The number of aliphatic hydroxyl groups is 1. The second-order valence-corrected chi connectivity index (χ2v) is 3.74. The highest BCUT2D eigenvalue weighted by molar-refractivity contribution is 4.89. The summed E-state index contributed by atoms with van der Waals surface area (Å²) in [5.74, 6) is 0.393. The molecule has 14 heavy (non-hydrogen) atoms. The third-order valence-corrected chi connectivity index (χ3v) is 2.53. The van der Waals surface area contributed by atoms with Crippen LogP contribution in [-0.4, -0.2) is 24.9 Å². The molecule has 2 nitrogen and oxygen atoms in total. The summed E-state index contributed by atoms with van der Waals surface area (Å²) in [5.41, 5.74) is 0. The van der Waals surface area contributed by atoms with Crippen molar-refractivity contribution >= 4 is 0 Å². The number of hydrogen-bond acceptors (Lipinski definition) is 2. The molecule has 0 saturated carbocycles. The largest absolute Gasteiger partial charge is 0.392 e. The van der Waals surface area contributed by atoms with Crippen LogP contribution in [0.25, 0.3) is 0 Å². The fraction of sp³-hybridized carbons (Fsp3) is 0.833. The molecule has 0 spiro atoms. The van der Waals surface area contributed by atoms with Gasteiger partial charge in [-0.3, -0.25) is 0 Å². The first-order chi connectivity index (χ1) is 6.76. The van der Waals surface area contributed by atoms with Gasteiger partial charge in [0.1, 0.15) is 0 Å². The molecule has 84 valence electrons. The van der Waals surface area contributed by atoms with E-state index in [4.69, 9.17) is 9.84 Å². The minimum Gasteiger partial charge on any atom is -0.392 e. The normalized spacial score (nSPS) is 16.0. The molecule has 0 amide bonds. The molecule has 0 saturated heterocycles. The molecule has 1 N–H and O–H groups in total. The molecule has 0 radical (unpaired) electrons. The molecule has 0 aromatic heterocycles. The summed E-state index contributed by atoms with van der Waals surface area (Å²) in [6.07, 6.45) is 8.97. The molecule has 0 aliphatic heterocycles. The van der Waals surface area contributed by atoms with Gasteiger partial charge in [-0.25, -0.2) is 0 Å². The molecular formula is C12H24O2. The predicted octanol–water partition coefficient (Wildman–Crippen LogP) is 2.77. The molecule has 0 fully saturated rings. The lowest BCUT2D eigenvalue weighted by molar-refractivity contribution is 0.0649. The summed E-state index contributed by atoms with van der Waals surface area (Å²) in [5, 5.41) is 8.66. The maximum absolute atomic E-state index is 8.66. The van der Waals surface area contributed by atoms with Crippen molar-refractivity contribution in [2.45, 2.75) is 45.6 Å². The van der Waals surface area contributed by atoms with Gasteiger partial charge in [-0.15, -0.1) is 0 Å². The van der Waals surface area contributed by atoms with Crippen molar-refractivity contribution in [2.24, 2.45) is 5.92 Å². The number of rotatable bonds is 8. The van der Waals surface area contributed by atoms with Crippen molar-refractivity contribution in [3.8, 4) is 0 Å². The van der Waals surface area contributed by atoms with E-state index in [1.54, 1.807) is 13.2 Å². The Morgan fingerprint density at radius 3 is 2.57 bits per heavy atom. The van der Waals surface area contributed by atoms with Crippen LogP contribution in [0.1, 0.15) is 39.5 Å². The second-order valence-electron chi connectivity index (χ2n) is 3.74. The van der Waals surface area contributed by atoms with Crippen LogP contribution in [0.3, 0.4) is 0 Å². The molecule has 0 rings (SSSR count). The lowest BCUT2D eigenvalue weighted by Gasteiger charge is -2.19. The van der Waals surface area contributed by atoms with Crippen molar-refractivity contribution < 1.29 is 9.84 Å². The van der Waals surface area contributed by atoms with Crippen LogP contribution < -0.4 is 0 Å². The van der Waals surface area contributed by atoms with E-state index < -0.39 is 0 Å². The molecule has 0 aliphatic carbocycles. The van der Waals surface area contributed by atoms with Crippen LogP contribution in [0.15, 0.2) is 12.2 Å². The summed E-state index contributed by atoms with van der Waals surface area (Å²) in [6, 6.07) is 0. The fourth-order valence-corrected chi connectivity index (χ4v) is 1.59. The highest BCUT2D eigenvalue weighted by Crippen LogP contribution is 2.15. The van der Waals surface area contributed by atoms with Gasteiger partial charge in [0.25, 0.3) is 0 Å². The first-order valence-corrected chi connectivity index (χ1v) is 5.56. The van der Waals surface area contributed by atoms with Crippen molar-refractivity contribution in [3.05, 3.63) is 12.2 Å². The van der Waals surface area contributed by atoms with E-state index in [-0.39, 0.29) is 6.61 Å². The van der Waals surface area contributed by atoms with Crippen molar-refractivity contribution in [2.75, 3.05) is 13.7 Å². The third-order valence-electron chi connectivity index (χ3n) is 2.53. The first kappa shape index (κ1) is 13.7. The van der Waals surface area contributed by atoms with E-state index in [2.05, 4.69) is 13.8 Å². The van der Waals surface area contributed by atoms with E-state index in [9.17, 15) is 0 Å². The van der Waals surface area contributed by atoms with E-state index in [1.807, 2.05) is 6.08 Å². The molecule has 0 heterocycles. The van der Waals surface area contributed by atoms with Crippen LogP contribution in [0.5, 0.6) is 0 Å². The Kier molecular flexibility index (Phi) is 9.00. The van der Waals surface area contributed by atoms with E-state index >= 15 is 0 Å². The van der Waals surface area contributed by atoms with E-state index in [0.29, 0.717) is 12.0 Å². The summed E-state index contributed by atoms with van der Waals surface area (Å²) in [6.45, 7) is 4.46. The van der Waals surface area contributed by atoms with Gasteiger partial charge in [-0.05, 0) is 6.42 Å². The van der Waals surface area contributed by atoms with Gasteiger partial charge in [0.15, 0.2) is 0 Å². The van der Waals surface area contributed by atoms with Crippen LogP contribution in [0, 0.1) is 5.92 Å². The average Bonchev–Trinajstić information content (AvgIpc) is 2.21. The monoisotopic (exact) mass is 200 g/mol. The summed E-state index contributed by atoms with van der Waals surface area (Å²) >= 11 is 0. The maximum atomic E-state index is 8.66. The van der Waals surface area contributed by atoms with E-state index in [1.165, 1.54) is 19.3 Å². The molecule has 0 aromatic carbocycles. The Balaban J connectivity index is 3.80. The van der Waals surface area contributed by atoms with Crippen LogP contribution in [-0.2, 0) is 4.74 Å². The Morgan fingerprint density at radius 2 is 2.07 bits per heavy atom. The summed E-state index contributed by atoms with van der Waals surface area (Å²) in [4.78, 5) is 0. The lowest BCUT2D eigenvalue weighted by Crippen LogP contribution is -2.18. The SMILES string of the molecule is CCCCCC(OC)C(C)C=CCO. The molecule has 2 heteroatoms. The molecule has 0 bridgehead atoms. The third kappa shape index (κ3) is 6.17. The minimum atomic E-state index is 0.121. The number of hydrogen-bond donors (Lipinski definition) is 1. The standard InChI is InChI=1S/C12H24O2/c1-4-5-6-9-12(14-3)11(2)8-7-10-13/h7-8,11-13H,4-6,9-10H2,1-3H3. The predicted molar refractivity (Wildman–Crippen MR) is 60.3 cm³/mol. The lowest BCUT2D eigenvalue weighted by atomic mass is 9.98. The van der Waals surface area contributed by atoms with Gasteiger partial charge in [-0.1, -0.05) is 45.3 Å². The Labute approximate surface area is 88.0 Å². The van der Waals surface area contributed by atoms with Crippen molar-refractivity contribution in [1.82, 2.24) is 0 Å². The number of aliphatic hydroxyl groups excluding tert-OH is 1. The molecule has 2 atom stereocenters. The van der Waals surface area contributed by atoms with Gasteiger partial charge >= 0.3 is 0 Å². The zero-order chi connectivity index (χ0) is 10.8. The second kappa shape index (κ2) is 9.22. The Hall–Kier alpha value is -0.340. The maximum Gasteiger partial charge on any atom is 0.0631 e. The Morgan fingerprint density at radius 1 is 1.36 bits per heavy atom. The van der Waals surface area contributed by atoms with Crippen LogP contribution in [0.4, 0.5) is 0 Å². The number of unbranched alkanes of at least 4 members (excludes halogenated alkanes) is 2. The Bertz CT molecular complexity index is 143. The van der Waals surface area contributed by atoms with Crippen LogP contribution in [0.2, 0.25) is 0 Å². The van der Waals surface area contributed by atoms with Crippen molar-refractivity contribution in [3.63, 3.8) is 0 Å². The fourth-order valence-electron chi connectivity index (χ4n) is 1.59. The quantitative estimate of drug-likeness (QED) is 0.482. The van der Waals surface area contributed by atoms with Crippen molar-refractivity contribution in [1.29, 1.82) is 0 Å². The zero-order valence-electron chi connectivity index (χ0n) is 9.70. The zero-order valence-corrected chi connectivity index (χ0v) is 9.70. The van der Waals surface area contributed by atoms with Gasteiger partial charge in [-0.2, -0.15) is 0 Å². The molecular weight excluding hydrogens is 176 g/mol. The van der Waals surface area contributed by atoms with Crippen LogP contribution >= 0.6 is 0 Å². The number of methoxy groups -OCH3 is 1. The summed E-state index contributed by atoms with van der Waals surface area (Å²) in [7, 11) is 1.76. The minimum absolute atomic E-state index is 0.121.